The highest BCUT2D eigenvalue weighted by atomic mass is 16.2. The quantitative estimate of drug-likeness (QED) is 0.706. The third-order valence-electron chi connectivity index (χ3n) is 6.70. The van der Waals surface area contributed by atoms with E-state index in [-0.39, 0.29) is 54.6 Å². The molecule has 0 radical (unpaired) electrons. The minimum absolute atomic E-state index is 0.0117. The van der Waals surface area contributed by atoms with Crippen LogP contribution >= 0.6 is 0 Å². The summed E-state index contributed by atoms with van der Waals surface area (Å²) in [6.07, 6.45) is 5.11. The number of hydrogen-bond acceptors (Lipinski definition) is 4. The fraction of sp³-hybridized carbons (Fsp3) is 0.565. The molecule has 4 rings (SSSR count). The van der Waals surface area contributed by atoms with Crippen molar-refractivity contribution >= 4 is 29.4 Å². The summed E-state index contributed by atoms with van der Waals surface area (Å²) in [6, 6.07) is 9.02. The minimum Gasteiger partial charge on any atom is -0.342 e. The van der Waals surface area contributed by atoms with Crippen LogP contribution in [0.1, 0.15) is 44.9 Å². The van der Waals surface area contributed by atoms with Crippen molar-refractivity contribution in [3.05, 3.63) is 30.3 Å². The second kappa shape index (κ2) is 9.49. The van der Waals surface area contributed by atoms with Crippen molar-refractivity contribution in [2.24, 2.45) is 11.8 Å². The molecule has 0 spiro atoms. The number of nitrogens with one attached hydrogen (secondary N) is 2. The number of benzene rings is 1. The van der Waals surface area contributed by atoms with Crippen LogP contribution in [0.15, 0.2) is 30.3 Å². The molecule has 31 heavy (non-hydrogen) atoms. The minimum atomic E-state index is -0.247. The molecule has 3 fully saturated rings. The molecule has 2 unspecified atom stereocenters. The van der Waals surface area contributed by atoms with Gasteiger partial charge in [0, 0.05) is 37.8 Å². The maximum atomic E-state index is 12.6. The number of piperidine rings is 1. The number of carbonyl (C=O) groups is 4. The fourth-order valence-electron chi connectivity index (χ4n) is 4.96. The molecule has 1 aliphatic carbocycles. The van der Waals surface area contributed by atoms with E-state index in [1.165, 1.54) is 4.90 Å². The van der Waals surface area contributed by atoms with Crippen LogP contribution in [0.4, 0.5) is 10.5 Å². The second-order valence-electron chi connectivity index (χ2n) is 8.70. The number of hydrogen-bond donors (Lipinski definition) is 2. The molecule has 2 heterocycles. The molecule has 3 aliphatic rings. The van der Waals surface area contributed by atoms with Gasteiger partial charge in [0.05, 0.1) is 11.8 Å². The van der Waals surface area contributed by atoms with Gasteiger partial charge in [0.15, 0.2) is 0 Å². The highest BCUT2D eigenvalue weighted by molar-refractivity contribution is 6.05. The topological polar surface area (TPSA) is 98.8 Å². The van der Waals surface area contributed by atoms with E-state index in [0.29, 0.717) is 25.9 Å². The molecular formula is C23H30N4O4. The van der Waals surface area contributed by atoms with Crippen LogP contribution in [0, 0.1) is 11.8 Å². The number of amides is 5. The molecule has 0 aromatic heterocycles. The van der Waals surface area contributed by atoms with Gasteiger partial charge in [0.1, 0.15) is 0 Å². The number of imide groups is 1. The Kier molecular flexibility index (Phi) is 6.53. The average Bonchev–Trinajstić information content (AvgIpc) is 3.03. The largest absolute Gasteiger partial charge is 0.342 e. The summed E-state index contributed by atoms with van der Waals surface area (Å²) in [4.78, 5) is 53.0. The number of rotatable bonds is 5. The highest BCUT2D eigenvalue weighted by Crippen LogP contribution is 2.38. The van der Waals surface area contributed by atoms with Gasteiger partial charge in [0.25, 0.3) is 0 Å². The zero-order chi connectivity index (χ0) is 21.8. The zero-order valence-corrected chi connectivity index (χ0v) is 17.7. The highest BCUT2D eigenvalue weighted by Gasteiger charge is 2.47. The molecule has 0 bridgehead atoms. The van der Waals surface area contributed by atoms with E-state index in [1.54, 1.807) is 4.90 Å². The smallest absolute Gasteiger partial charge is 0.319 e. The van der Waals surface area contributed by atoms with E-state index in [2.05, 4.69) is 10.6 Å². The SMILES string of the molecule is O=C(Nc1ccccc1)NC1CCN(C(=O)CCN2C(=O)C3CCCCC3C2=O)CC1. The molecule has 2 aliphatic heterocycles. The van der Waals surface area contributed by atoms with Crippen molar-refractivity contribution in [1.82, 2.24) is 15.1 Å². The predicted molar refractivity (Wildman–Crippen MR) is 115 cm³/mol. The van der Waals surface area contributed by atoms with Crippen LogP contribution in [0.5, 0.6) is 0 Å². The van der Waals surface area contributed by atoms with Crippen LogP contribution < -0.4 is 10.6 Å². The Morgan fingerprint density at radius 1 is 0.903 bits per heavy atom. The zero-order valence-electron chi connectivity index (χ0n) is 17.7. The van der Waals surface area contributed by atoms with Crippen molar-refractivity contribution in [2.75, 3.05) is 25.0 Å². The Hall–Kier alpha value is -2.90. The van der Waals surface area contributed by atoms with Crippen molar-refractivity contribution in [2.45, 2.75) is 51.0 Å². The third kappa shape index (κ3) is 4.89. The maximum Gasteiger partial charge on any atom is 0.319 e. The lowest BCUT2D eigenvalue weighted by Crippen LogP contribution is -2.48. The van der Waals surface area contributed by atoms with Crippen LogP contribution in [0.25, 0.3) is 0 Å². The molecule has 1 saturated carbocycles. The second-order valence-corrected chi connectivity index (χ2v) is 8.70. The van der Waals surface area contributed by atoms with Crippen LogP contribution in [0.2, 0.25) is 0 Å². The van der Waals surface area contributed by atoms with Crippen molar-refractivity contribution in [3.8, 4) is 0 Å². The molecule has 1 aromatic rings. The first-order valence-electron chi connectivity index (χ1n) is 11.3. The van der Waals surface area contributed by atoms with Gasteiger partial charge >= 0.3 is 6.03 Å². The Morgan fingerprint density at radius 2 is 1.52 bits per heavy atom. The molecule has 5 amide bonds. The Bertz CT molecular complexity index is 811. The number of carbonyl (C=O) groups excluding carboxylic acids is 4. The summed E-state index contributed by atoms with van der Waals surface area (Å²) in [6.45, 7) is 1.30. The van der Waals surface area contributed by atoms with Gasteiger partial charge in [-0.3, -0.25) is 19.3 Å². The van der Waals surface area contributed by atoms with Crippen molar-refractivity contribution < 1.29 is 19.2 Å². The lowest BCUT2D eigenvalue weighted by Gasteiger charge is -2.32. The number of fused-ring (bicyclic) bond motifs is 1. The normalized spacial score (nSPS) is 24.1. The Morgan fingerprint density at radius 3 is 2.13 bits per heavy atom. The van der Waals surface area contributed by atoms with Gasteiger partial charge in [-0.1, -0.05) is 31.0 Å². The van der Waals surface area contributed by atoms with Crippen LogP contribution in [0.3, 0.4) is 0 Å². The fourth-order valence-corrected chi connectivity index (χ4v) is 4.96. The lowest BCUT2D eigenvalue weighted by atomic mass is 9.81. The molecule has 2 N–H and O–H groups in total. The first kappa shape index (κ1) is 21.3. The number of nitrogens with zero attached hydrogens (tertiary/aromatic N) is 2. The molecule has 2 saturated heterocycles. The summed E-state index contributed by atoms with van der Waals surface area (Å²) >= 11 is 0. The summed E-state index contributed by atoms with van der Waals surface area (Å²) in [5.74, 6) is -0.548. The number of para-hydroxylation sites is 1. The van der Waals surface area contributed by atoms with Crippen molar-refractivity contribution in [1.29, 1.82) is 0 Å². The molecule has 1 aromatic carbocycles. The summed E-state index contributed by atoms with van der Waals surface area (Å²) in [5, 5.41) is 5.76. The molecule has 8 nitrogen and oxygen atoms in total. The Balaban J connectivity index is 1.19. The molecule has 8 heteroatoms. The van der Waals surface area contributed by atoms with Gasteiger partial charge in [-0.25, -0.2) is 4.79 Å². The summed E-state index contributed by atoms with van der Waals surface area (Å²) in [5.41, 5.74) is 0.735. The summed E-state index contributed by atoms with van der Waals surface area (Å²) < 4.78 is 0. The molecule has 2 atom stereocenters. The number of anilines is 1. The first-order valence-corrected chi connectivity index (χ1v) is 11.3. The number of urea groups is 1. The van der Waals surface area contributed by atoms with Gasteiger partial charge in [-0.15, -0.1) is 0 Å². The van der Waals surface area contributed by atoms with E-state index >= 15 is 0 Å². The average molecular weight is 427 g/mol. The number of likely N-dealkylation sites (tertiary alicyclic amines) is 2. The van der Waals surface area contributed by atoms with E-state index < -0.39 is 0 Å². The van der Waals surface area contributed by atoms with E-state index in [0.717, 1.165) is 31.4 Å². The van der Waals surface area contributed by atoms with E-state index in [1.807, 2.05) is 30.3 Å². The standard InChI is InChI=1S/C23H30N4O4/c28-20(12-15-27-21(29)18-8-4-5-9-19(18)22(27)30)26-13-10-17(11-14-26)25-23(31)24-16-6-2-1-3-7-16/h1-3,6-7,17-19H,4-5,8-15H2,(H2,24,25,31). The van der Waals surface area contributed by atoms with E-state index in [4.69, 9.17) is 0 Å². The van der Waals surface area contributed by atoms with Gasteiger partial charge in [-0.2, -0.15) is 0 Å². The maximum absolute atomic E-state index is 12.6. The summed E-state index contributed by atoms with van der Waals surface area (Å²) in [7, 11) is 0. The molecule has 166 valence electrons. The Labute approximate surface area is 182 Å². The third-order valence-corrected chi connectivity index (χ3v) is 6.70. The monoisotopic (exact) mass is 426 g/mol. The van der Waals surface area contributed by atoms with Crippen LogP contribution in [-0.4, -0.2) is 59.2 Å². The van der Waals surface area contributed by atoms with Gasteiger partial charge in [0.2, 0.25) is 17.7 Å². The van der Waals surface area contributed by atoms with Gasteiger partial charge in [-0.05, 0) is 37.8 Å². The van der Waals surface area contributed by atoms with Gasteiger partial charge < -0.3 is 15.5 Å². The lowest BCUT2D eigenvalue weighted by molar-refractivity contribution is -0.141. The first-order chi connectivity index (χ1) is 15.0. The van der Waals surface area contributed by atoms with E-state index in [9.17, 15) is 19.2 Å². The molecular weight excluding hydrogens is 396 g/mol. The van der Waals surface area contributed by atoms with Crippen LogP contribution in [-0.2, 0) is 14.4 Å². The predicted octanol–water partition coefficient (Wildman–Crippen LogP) is 2.36. The van der Waals surface area contributed by atoms with Crippen molar-refractivity contribution in [3.63, 3.8) is 0 Å².